The molecule has 0 aliphatic carbocycles. The fraction of sp³-hybridized carbons (Fsp3) is 0.158. The first kappa shape index (κ1) is 17.9. The molecule has 3 aromatic heterocycles. The Kier molecular flexibility index (Phi) is 4.90. The van der Waals surface area contributed by atoms with Gasteiger partial charge in [0.25, 0.3) is 5.89 Å². The van der Waals surface area contributed by atoms with Crippen molar-refractivity contribution in [3.8, 4) is 16.5 Å². The number of hydrogen-bond donors (Lipinski definition) is 0. The third kappa shape index (κ3) is 3.79. The Morgan fingerprint density at radius 1 is 1.21 bits per heavy atom. The van der Waals surface area contributed by atoms with E-state index in [4.69, 9.17) is 4.42 Å². The molecular formula is C19H17N5O3S. The normalized spacial score (nSPS) is 10.9. The molecule has 0 radical (unpaired) electrons. The molecule has 0 aliphatic heterocycles. The second kappa shape index (κ2) is 7.65. The Hall–Kier alpha value is -3.46. The fourth-order valence-electron chi connectivity index (χ4n) is 2.68. The molecule has 0 unspecified atom stereocenters. The molecular weight excluding hydrogens is 378 g/mol. The molecule has 0 saturated heterocycles. The molecule has 0 atom stereocenters. The van der Waals surface area contributed by atoms with Crippen LogP contribution in [0.25, 0.3) is 16.5 Å². The average Bonchev–Trinajstić information content (AvgIpc) is 3.44. The highest BCUT2D eigenvalue weighted by Gasteiger charge is 2.17. The summed E-state index contributed by atoms with van der Waals surface area (Å²) in [5.41, 5.74) is 1.82. The molecule has 3 heterocycles. The number of carbonyl (C=O) groups is 1. The van der Waals surface area contributed by atoms with Crippen LogP contribution < -0.4 is 5.76 Å². The Morgan fingerprint density at radius 3 is 2.79 bits per heavy atom. The lowest BCUT2D eigenvalue weighted by Crippen LogP contribution is -2.32. The van der Waals surface area contributed by atoms with E-state index in [0.717, 1.165) is 20.8 Å². The van der Waals surface area contributed by atoms with Crippen molar-refractivity contribution in [2.45, 2.75) is 13.1 Å². The third-order valence-corrected chi connectivity index (χ3v) is 4.98. The number of hydrogen-bond acceptors (Lipinski definition) is 6. The monoisotopic (exact) mass is 395 g/mol. The van der Waals surface area contributed by atoms with Crippen LogP contribution in [-0.2, 0) is 17.9 Å². The van der Waals surface area contributed by atoms with Gasteiger partial charge in [0.05, 0.1) is 16.8 Å². The van der Waals surface area contributed by atoms with Crippen LogP contribution in [0.5, 0.6) is 0 Å². The van der Waals surface area contributed by atoms with Crippen molar-refractivity contribution in [2.75, 3.05) is 7.05 Å². The lowest BCUT2D eigenvalue weighted by molar-refractivity contribution is -0.131. The number of rotatable bonds is 6. The van der Waals surface area contributed by atoms with Gasteiger partial charge >= 0.3 is 5.76 Å². The highest BCUT2D eigenvalue weighted by Crippen LogP contribution is 2.21. The zero-order chi connectivity index (χ0) is 19.5. The van der Waals surface area contributed by atoms with E-state index in [1.807, 2.05) is 48.0 Å². The molecule has 8 nitrogen and oxygen atoms in total. The number of likely N-dealkylation sites (N-methyl/N-ethyl adjacent to an activating group) is 1. The number of aromatic nitrogens is 4. The van der Waals surface area contributed by atoms with E-state index in [1.54, 1.807) is 24.0 Å². The summed E-state index contributed by atoms with van der Waals surface area (Å²) in [6.45, 7) is 0.188. The Labute approximate surface area is 164 Å². The molecule has 0 N–H and O–H groups in total. The van der Waals surface area contributed by atoms with Gasteiger partial charge < -0.3 is 9.32 Å². The minimum atomic E-state index is -0.651. The van der Waals surface area contributed by atoms with E-state index in [2.05, 4.69) is 10.2 Å². The molecule has 0 aliphatic rings. The first-order valence-corrected chi connectivity index (χ1v) is 9.43. The molecule has 0 saturated carbocycles. The lowest BCUT2D eigenvalue weighted by atomic mass is 10.3. The van der Waals surface area contributed by atoms with E-state index in [9.17, 15) is 9.59 Å². The van der Waals surface area contributed by atoms with Gasteiger partial charge in [-0.05, 0) is 23.6 Å². The molecule has 0 spiro atoms. The van der Waals surface area contributed by atoms with Crippen LogP contribution in [0.4, 0.5) is 0 Å². The first-order chi connectivity index (χ1) is 13.6. The molecule has 142 valence electrons. The number of carbonyl (C=O) groups excluding carboxylic acids is 1. The highest BCUT2D eigenvalue weighted by atomic mass is 32.1. The smallest absolute Gasteiger partial charge is 0.387 e. The highest BCUT2D eigenvalue weighted by molar-refractivity contribution is 7.13. The van der Waals surface area contributed by atoms with Crippen LogP contribution >= 0.6 is 11.3 Å². The van der Waals surface area contributed by atoms with Crippen molar-refractivity contribution >= 4 is 17.2 Å². The van der Waals surface area contributed by atoms with Gasteiger partial charge in [-0.1, -0.05) is 24.3 Å². The number of para-hydroxylation sites is 1. The SMILES string of the molecule is CN(Cc1cnn(-c2ccccc2)c1)C(=O)Cn1nc(-c2cccs2)oc1=O. The summed E-state index contributed by atoms with van der Waals surface area (Å²) in [6.07, 6.45) is 3.59. The van der Waals surface area contributed by atoms with Crippen LogP contribution in [0, 0.1) is 0 Å². The maximum Gasteiger partial charge on any atom is 0.437 e. The van der Waals surface area contributed by atoms with Crippen LogP contribution in [-0.4, -0.2) is 37.4 Å². The Morgan fingerprint density at radius 2 is 2.04 bits per heavy atom. The maximum atomic E-state index is 12.5. The minimum Gasteiger partial charge on any atom is -0.387 e. The van der Waals surface area contributed by atoms with Gasteiger partial charge in [-0.2, -0.15) is 9.78 Å². The van der Waals surface area contributed by atoms with Gasteiger partial charge in [0.1, 0.15) is 6.54 Å². The van der Waals surface area contributed by atoms with E-state index < -0.39 is 5.76 Å². The van der Waals surface area contributed by atoms with Gasteiger partial charge in [-0.25, -0.2) is 9.48 Å². The van der Waals surface area contributed by atoms with Gasteiger partial charge in [0.15, 0.2) is 0 Å². The zero-order valence-electron chi connectivity index (χ0n) is 15.1. The zero-order valence-corrected chi connectivity index (χ0v) is 15.9. The van der Waals surface area contributed by atoms with Gasteiger partial charge in [0, 0.05) is 25.4 Å². The number of benzene rings is 1. The summed E-state index contributed by atoms with van der Waals surface area (Å²) < 4.78 is 7.93. The number of amides is 1. The minimum absolute atomic E-state index is 0.184. The maximum absolute atomic E-state index is 12.5. The summed E-state index contributed by atoms with van der Waals surface area (Å²) in [5.74, 6) is -0.678. The molecule has 0 bridgehead atoms. The third-order valence-electron chi connectivity index (χ3n) is 4.13. The quantitative estimate of drug-likeness (QED) is 0.500. The average molecular weight is 395 g/mol. The number of nitrogens with zero attached hydrogens (tertiary/aromatic N) is 5. The van der Waals surface area contributed by atoms with Crippen molar-refractivity contribution in [3.63, 3.8) is 0 Å². The van der Waals surface area contributed by atoms with E-state index in [1.165, 1.54) is 16.2 Å². The molecule has 1 amide bonds. The van der Waals surface area contributed by atoms with Crippen LogP contribution in [0.3, 0.4) is 0 Å². The van der Waals surface area contributed by atoms with Crippen molar-refractivity contribution in [1.82, 2.24) is 24.5 Å². The van der Waals surface area contributed by atoms with E-state index in [0.29, 0.717) is 6.54 Å². The van der Waals surface area contributed by atoms with Gasteiger partial charge in [0.2, 0.25) is 5.91 Å². The first-order valence-electron chi connectivity index (χ1n) is 8.55. The second-order valence-electron chi connectivity index (χ2n) is 6.19. The molecule has 9 heteroatoms. The molecule has 1 aromatic carbocycles. The molecule has 0 fully saturated rings. The van der Waals surface area contributed by atoms with Gasteiger partial charge in [-0.3, -0.25) is 4.79 Å². The van der Waals surface area contributed by atoms with Gasteiger partial charge in [-0.15, -0.1) is 16.4 Å². The molecule has 28 heavy (non-hydrogen) atoms. The molecule has 4 rings (SSSR count). The van der Waals surface area contributed by atoms with E-state index in [-0.39, 0.29) is 18.3 Å². The molecule has 4 aromatic rings. The number of thiophene rings is 1. The summed E-state index contributed by atoms with van der Waals surface area (Å²) in [5, 5.41) is 10.3. The van der Waals surface area contributed by atoms with Crippen LogP contribution in [0.2, 0.25) is 0 Å². The Bertz CT molecular complexity index is 1130. The summed E-state index contributed by atoms with van der Waals surface area (Å²) in [6, 6.07) is 13.4. The second-order valence-corrected chi connectivity index (χ2v) is 7.13. The largest absolute Gasteiger partial charge is 0.437 e. The van der Waals surface area contributed by atoms with Crippen molar-refractivity contribution in [2.24, 2.45) is 0 Å². The summed E-state index contributed by atoms with van der Waals surface area (Å²) in [4.78, 5) is 26.7. The van der Waals surface area contributed by atoms with Crippen molar-refractivity contribution in [1.29, 1.82) is 0 Å². The summed E-state index contributed by atoms with van der Waals surface area (Å²) in [7, 11) is 1.67. The van der Waals surface area contributed by atoms with Crippen molar-refractivity contribution < 1.29 is 9.21 Å². The topological polar surface area (TPSA) is 86.2 Å². The fourth-order valence-corrected chi connectivity index (χ4v) is 3.32. The summed E-state index contributed by atoms with van der Waals surface area (Å²) >= 11 is 1.41. The predicted molar refractivity (Wildman–Crippen MR) is 104 cm³/mol. The lowest BCUT2D eigenvalue weighted by Gasteiger charge is -2.15. The van der Waals surface area contributed by atoms with Crippen LogP contribution in [0.1, 0.15) is 5.56 Å². The standard InChI is InChI=1S/C19H17N5O3S/c1-22(11-14-10-20-23(12-14)15-6-3-2-4-7-15)17(25)13-24-19(26)27-18(21-24)16-8-5-9-28-16/h2-10,12H,11,13H2,1H3. The van der Waals surface area contributed by atoms with E-state index >= 15 is 0 Å². The predicted octanol–water partition coefficient (Wildman–Crippen LogP) is 2.41. The van der Waals surface area contributed by atoms with Crippen LogP contribution in [0.15, 0.2) is 69.5 Å². The van der Waals surface area contributed by atoms with Crippen molar-refractivity contribution in [3.05, 3.63) is 76.4 Å². The Balaban J connectivity index is 1.42.